The summed E-state index contributed by atoms with van der Waals surface area (Å²) in [6, 6.07) is 16.0. The molecule has 0 bridgehead atoms. The Morgan fingerprint density at radius 2 is 1.85 bits per heavy atom. The predicted molar refractivity (Wildman–Crippen MR) is 134 cm³/mol. The Kier molecular flexibility index (Phi) is 6.51. The maximum absolute atomic E-state index is 13.6. The molecule has 5 rings (SSSR count). The van der Waals surface area contributed by atoms with Crippen molar-refractivity contribution in [2.24, 2.45) is 0 Å². The van der Waals surface area contributed by atoms with Gasteiger partial charge in [-0.15, -0.1) is 11.3 Å². The van der Waals surface area contributed by atoms with E-state index in [1.165, 1.54) is 12.1 Å². The molecule has 34 heavy (non-hydrogen) atoms. The summed E-state index contributed by atoms with van der Waals surface area (Å²) >= 11 is 1.68. The summed E-state index contributed by atoms with van der Waals surface area (Å²) in [5, 5.41) is 4.37. The van der Waals surface area contributed by atoms with Crippen LogP contribution in [0.2, 0.25) is 0 Å². The number of thiazole rings is 1. The van der Waals surface area contributed by atoms with Gasteiger partial charge in [-0.05, 0) is 75.4 Å². The van der Waals surface area contributed by atoms with Crippen LogP contribution < -0.4 is 10.1 Å². The standard InChI is InChI=1S/C26H26FN5OS/c1-32-14-11-18(12-15-32)25-31-23(17-6-8-19(27)9-7-17)24(34-25)22-10-13-28-26(30-22)29-20-4-3-5-21(16-20)33-2/h3-10,13,16,18H,11-12,14-15H2,1-2H3,(H,28,29,30). The number of nitrogens with zero attached hydrogens (tertiary/aromatic N) is 4. The maximum Gasteiger partial charge on any atom is 0.227 e. The molecule has 0 atom stereocenters. The number of nitrogens with one attached hydrogen (secondary N) is 1. The molecular formula is C26H26FN5OS. The molecule has 1 aliphatic rings. The molecule has 0 saturated carbocycles. The normalized spacial score (nSPS) is 14.8. The number of likely N-dealkylation sites (tertiary alicyclic amines) is 1. The Hall–Kier alpha value is -3.36. The van der Waals surface area contributed by atoms with Crippen LogP contribution in [0.25, 0.3) is 21.8 Å². The number of hydrogen-bond donors (Lipinski definition) is 1. The maximum atomic E-state index is 13.6. The zero-order chi connectivity index (χ0) is 23.5. The van der Waals surface area contributed by atoms with E-state index in [1.54, 1.807) is 36.8 Å². The average molecular weight is 476 g/mol. The van der Waals surface area contributed by atoms with Crippen LogP contribution in [0.3, 0.4) is 0 Å². The van der Waals surface area contributed by atoms with Crippen LogP contribution in [-0.4, -0.2) is 47.1 Å². The van der Waals surface area contributed by atoms with Crippen molar-refractivity contribution in [1.82, 2.24) is 19.9 Å². The quantitative estimate of drug-likeness (QED) is 0.371. The van der Waals surface area contributed by atoms with Crippen LogP contribution in [0.4, 0.5) is 16.0 Å². The Balaban J connectivity index is 1.51. The first-order valence-electron chi connectivity index (χ1n) is 11.3. The summed E-state index contributed by atoms with van der Waals surface area (Å²) in [7, 11) is 3.80. The van der Waals surface area contributed by atoms with Crippen LogP contribution in [0.1, 0.15) is 23.8 Å². The Morgan fingerprint density at radius 1 is 1.06 bits per heavy atom. The molecule has 0 radical (unpaired) electrons. The van der Waals surface area contributed by atoms with Gasteiger partial charge in [-0.3, -0.25) is 0 Å². The Morgan fingerprint density at radius 3 is 2.62 bits per heavy atom. The van der Waals surface area contributed by atoms with Crippen molar-refractivity contribution in [3.63, 3.8) is 0 Å². The average Bonchev–Trinajstić information content (AvgIpc) is 3.31. The Bertz CT molecular complexity index is 1270. The topological polar surface area (TPSA) is 63.2 Å². The van der Waals surface area contributed by atoms with Gasteiger partial charge in [-0.2, -0.15) is 0 Å². The van der Waals surface area contributed by atoms with E-state index >= 15 is 0 Å². The summed E-state index contributed by atoms with van der Waals surface area (Å²) in [5.41, 5.74) is 3.35. The van der Waals surface area contributed by atoms with Gasteiger partial charge in [-0.25, -0.2) is 19.3 Å². The fourth-order valence-electron chi connectivity index (χ4n) is 4.12. The van der Waals surface area contributed by atoms with E-state index in [1.807, 2.05) is 30.3 Å². The highest BCUT2D eigenvalue weighted by atomic mass is 32.1. The smallest absolute Gasteiger partial charge is 0.227 e. The number of halogens is 1. The lowest BCUT2D eigenvalue weighted by molar-refractivity contribution is 0.255. The van der Waals surface area contributed by atoms with Crippen LogP contribution in [0, 0.1) is 5.82 Å². The molecule has 1 fully saturated rings. The largest absolute Gasteiger partial charge is 0.497 e. The Labute approximate surface area is 202 Å². The first-order chi connectivity index (χ1) is 16.6. The van der Waals surface area contributed by atoms with Crippen LogP contribution in [0.5, 0.6) is 5.75 Å². The van der Waals surface area contributed by atoms with Gasteiger partial charge >= 0.3 is 0 Å². The van der Waals surface area contributed by atoms with Crippen molar-refractivity contribution < 1.29 is 9.13 Å². The van der Waals surface area contributed by atoms with Gasteiger partial charge in [0.2, 0.25) is 5.95 Å². The summed E-state index contributed by atoms with van der Waals surface area (Å²) in [5.74, 6) is 1.41. The lowest BCUT2D eigenvalue weighted by Gasteiger charge is -2.27. The van der Waals surface area contributed by atoms with Crippen molar-refractivity contribution in [2.75, 3.05) is 32.6 Å². The minimum atomic E-state index is -0.261. The van der Waals surface area contributed by atoms with Gasteiger partial charge < -0.3 is 15.0 Å². The van der Waals surface area contributed by atoms with Gasteiger partial charge in [0.05, 0.1) is 28.4 Å². The van der Waals surface area contributed by atoms with Crippen LogP contribution in [0.15, 0.2) is 60.8 Å². The van der Waals surface area contributed by atoms with E-state index in [0.29, 0.717) is 11.9 Å². The number of aromatic nitrogens is 3. The lowest BCUT2D eigenvalue weighted by Crippen LogP contribution is -2.29. The minimum absolute atomic E-state index is 0.261. The fourth-order valence-corrected chi connectivity index (χ4v) is 5.35. The summed E-state index contributed by atoms with van der Waals surface area (Å²) < 4.78 is 18.9. The molecule has 2 aromatic heterocycles. The van der Waals surface area contributed by atoms with Gasteiger partial charge in [0.1, 0.15) is 11.6 Å². The third-order valence-electron chi connectivity index (χ3n) is 6.04. The summed E-state index contributed by atoms with van der Waals surface area (Å²) in [6.07, 6.45) is 3.91. The van der Waals surface area contributed by atoms with Crippen molar-refractivity contribution in [1.29, 1.82) is 0 Å². The summed E-state index contributed by atoms with van der Waals surface area (Å²) in [6.45, 7) is 2.13. The lowest BCUT2D eigenvalue weighted by atomic mass is 9.98. The van der Waals surface area contributed by atoms with Gasteiger partial charge in [0.15, 0.2) is 0 Å². The second kappa shape index (κ2) is 9.87. The van der Waals surface area contributed by atoms with E-state index in [4.69, 9.17) is 14.7 Å². The minimum Gasteiger partial charge on any atom is -0.497 e. The second-order valence-corrected chi connectivity index (χ2v) is 9.47. The van der Waals surface area contributed by atoms with E-state index in [2.05, 4.69) is 22.2 Å². The van der Waals surface area contributed by atoms with Crippen molar-refractivity contribution in [3.8, 4) is 27.6 Å². The molecular weight excluding hydrogens is 449 g/mol. The number of rotatable bonds is 6. The van der Waals surface area contributed by atoms with Gasteiger partial charge in [0.25, 0.3) is 0 Å². The molecule has 2 aromatic carbocycles. The third kappa shape index (κ3) is 4.93. The summed E-state index contributed by atoms with van der Waals surface area (Å²) in [4.78, 5) is 17.6. The highest BCUT2D eigenvalue weighted by molar-refractivity contribution is 7.15. The number of ether oxygens (including phenoxy) is 1. The molecule has 0 unspecified atom stereocenters. The van der Waals surface area contributed by atoms with E-state index in [9.17, 15) is 4.39 Å². The molecule has 4 aromatic rings. The SMILES string of the molecule is COc1cccc(Nc2nccc(-c3sc(C4CCN(C)CC4)nc3-c3ccc(F)cc3)n2)c1. The molecule has 1 N–H and O–H groups in total. The number of methoxy groups -OCH3 is 1. The zero-order valence-corrected chi connectivity index (χ0v) is 20.0. The number of hydrogen-bond acceptors (Lipinski definition) is 7. The second-order valence-electron chi connectivity index (χ2n) is 8.44. The predicted octanol–water partition coefficient (Wildman–Crippen LogP) is 5.97. The van der Waals surface area contributed by atoms with E-state index in [-0.39, 0.29) is 5.82 Å². The van der Waals surface area contributed by atoms with Crippen molar-refractivity contribution >= 4 is 23.0 Å². The van der Waals surface area contributed by atoms with Gasteiger partial charge in [-0.1, -0.05) is 6.07 Å². The molecule has 0 spiro atoms. The third-order valence-corrected chi connectivity index (χ3v) is 7.28. The van der Waals surface area contributed by atoms with Crippen molar-refractivity contribution in [2.45, 2.75) is 18.8 Å². The fraction of sp³-hybridized carbons (Fsp3) is 0.269. The molecule has 0 aliphatic carbocycles. The first-order valence-corrected chi connectivity index (χ1v) is 12.1. The molecule has 6 nitrogen and oxygen atoms in total. The highest BCUT2D eigenvalue weighted by Crippen LogP contribution is 2.41. The van der Waals surface area contributed by atoms with E-state index in [0.717, 1.165) is 64.2 Å². The number of anilines is 2. The molecule has 0 amide bonds. The van der Waals surface area contributed by atoms with Crippen molar-refractivity contribution in [3.05, 3.63) is 71.6 Å². The van der Waals surface area contributed by atoms with Gasteiger partial charge in [0, 0.05) is 29.4 Å². The molecule has 8 heteroatoms. The van der Waals surface area contributed by atoms with E-state index < -0.39 is 0 Å². The number of piperidine rings is 1. The van der Waals surface area contributed by atoms with Crippen LogP contribution >= 0.6 is 11.3 Å². The zero-order valence-electron chi connectivity index (χ0n) is 19.2. The first kappa shape index (κ1) is 22.4. The highest BCUT2D eigenvalue weighted by Gasteiger charge is 2.25. The van der Waals surface area contributed by atoms with Crippen LogP contribution in [-0.2, 0) is 0 Å². The molecule has 1 saturated heterocycles. The molecule has 174 valence electrons. The molecule has 3 heterocycles. The number of benzene rings is 2. The monoisotopic (exact) mass is 475 g/mol. The molecule has 1 aliphatic heterocycles.